The molecule has 2 heterocycles. The fourth-order valence-corrected chi connectivity index (χ4v) is 3.05. The molecular weight excluding hydrogens is 226 g/mol. The van der Waals surface area contributed by atoms with Crippen LogP contribution in [0, 0.1) is 5.92 Å². The van der Waals surface area contributed by atoms with Crippen LogP contribution in [0.25, 0.3) is 0 Å². The van der Waals surface area contributed by atoms with Gasteiger partial charge in [-0.05, 0) is 31.4 Å². The number of nitrogens with one attached hydrogen (secondary N) is 3. The molecule has 1 saturated heterocycles. The second-order valence-corrected chi connectivity index (χ2v) is 5.29. The van der Waals surface area contributed by atoms with Crippen molar-refractivity contribution in [2.24, 2.45) is 5.92 Å². The van der Waals surface area contributed by atoms with Gasteiger partial charge in [-0.1, -0.05) is 12.2 Å². The summed E-state index contributed by atoms with van der Waals surface area (Å²) in [5, 5.41) is 10.6. The minimum atomic E-state index is 0.346. The van der Waals surface area contributed by atoms with E-state index in [1.54, 1.807) is 6.26 Å². The van der Waals surface area contributed by atoms with Crippen LogP contribution in [0.2, 0.25) is 0 Å². The largest absolute Gasteiger partial charge is 0.468 e. The molecule has 4 heteroatoms. The molecule has 1 aromatic heterocycles. The molecule has 3 rings (SSSR count). The van der Waals surface area contributed by atoms with Crippen LogP contribution in [0.4, 0.5) is 0 Å². The summed E-state index contributed by atoms with van der Waals surface area (Å²) < 4.78 is 5.36. The second-order valence-electron chi connectivity index (χ2n) is 5.29. The van der Waals surface area contributed by atoms with Gasteiger partial charge in [-0.15, -0.1) is 0 Å². The molecule has 0 bridgehead atoms. The van der Waals surface area contributed by atoms with Gasteiger partial charge < -0.3 is 9.73 Å². The molecule has 3 atom stereocenters. The highest BCUT2D eigenvalue weighted by Crippen LogP contribution is 2.30. The van der Waals surface area contributed by atoms with Gasteiger partial charge in [-0.25, -0.2) is 0 Å². The average Bonchev–Trinajstić information content (AvgIpc) is 2.89. The summed E-state index contributed by atoms with van der Waals surface area (Å²) >= 11 is 0. The quantitative estimate of drug-likeness (QED) is 0.710. The Kier molecular flexibility index (Phi) is 3.50. The molecular formula is C14H21N3O. The molecule has 0 radical (unpaired) electrons. The number of furan rings is 1. The molecule has 3 unspecified atom stereocenters. The van der Waals surface area contributed by atoms with Gasteiger partial charge in [0.1, 0.15) is 5.76 Å². The van der Waals surface area contributed by atoms with Crippen molar-refractivity contribution in [2.45, 2.75) is 38.0 Å². The van der Waals surface area contributed by atoms with Crippen molar-refractivity contribution in [3.63, 3.8) is 0 Å². The topological polar surface area (TPSA) is 49.2 Å². The van der Waals surface area contributed by atoms with Crippen molar-refractivity contribution in [2.75, 3.05) is 6.67 Å². The Morgan fingerprint density at radius 1 is 1.44 bits per heavy atom. The highest BCUT2D eigenvalue weighted by molar-refractivity contribution is 5.07. The zero-order valence-electron chi connectivity index (χ0n) is 10.6. The smallest absolute Gasteiger partial charge is 0.117 e. The van der Waals surface area contributed by atoms with E-state index in [4.69, 9.17) is 4.42 Å². The van der Waals surface area contributed by atoms with E-state index in [1.165, 1.54) is 18.4 Å². The molecule has 2 aliphatic rings. The predicted molar refractivity (Wildman–Crippen MR) is 70.7 cm³/mol. The van der Waals surface area contributed by atoms with E-state index in [1.807, 2.05) is 12.1 Å². The fraction of sp³-hybridized carbons (Fsp3) is 0.571. The molecule has 1 aliphatic carbocycles. The molecule has 4 nitrogen and oxygen atoms in total. The van der Waals surface area contributed by atoms with Gasteiger partial charge in [0.15, 0.2) is 0 Å². The first kappa shape index (κ1) is 12.0. The molecule has 98 valence electrons. The van der Waals surface area contributed by atoms with E-state index in [2.05, 4.69) is 22.5 Å². The van der Waals surface area contributed by atoms with Crippen LogP contribution in [0.1, 0.15) is 25.0 Å². The Morgan fingerprint density at radius 3 is 3.22 bits per heavy atom. The summed E-state index contributed by atoms with van der Waals surface area (Å²) in [6.07, 6.45) is 5.56. The lowest BCUT2D eigenvalue weighted by Crippen LogP contribution is -2.63. The van der Waals surface area contributed by atoms with Gasteiger partial charge in [0.2, 0.25) is 0 Å². The highest BCUT2D eigenvalue weighted by atomic mass is 16.3. The third-order valence-electron chi connectivity index (χ3n) is 4.04. The minimum Gasteiger partial charge on any atom is -0.468 e. The van der Waals surface area contributed by atoms with E-state index in [0.717, 1.165) is 25.4 Å². The van der Waals surface area contributed by atoms with E-state index >= 15 is 0 Å². The zero-order chi connectivity index (χ0) is 12.4. The molecule has 2 fully saturated rings. The third kappa shape index (κ3) is 2.51. The summed E-state index contributed by atoms with van der Waals surface area (Å²) in [6.45, 7) is 5.80. The monoisotopic (exact) mass is 247 g/mol. The van der Waals surface area contributed by atoms with Gasteiger partial charge in [-0.3, -0.25) is 10.6 Å². The van der Waals surface area contributed by atoms with Gasteiger partial charge >= 0.3 is 0 Å². The number of hydrogen-bond acceptors (Lipinski definition) is 4. The van der Waals surface area contributed by atoms with Crippen LogP contribution in [0.5, 0.6) is 0 Å². The Hall–Kier alpha value is -1.10. The molecule has 1 aromatic rings. The van der Waals surface area contributed by atoms with Crippen LogP contribution in [0.3, 0.4) is 0 Å². The number of hydrogen-bond donors (Lipinski definition) is 3. The molecule has 0 spiro atoms. The summed E-state index contributed by atoms with van der Waals surface area (Å²) in [7, 11) is 0. The molecule has 0 amide bonds. The predicted octanol–water partition coefficient (Wildman–Crippen LogP) is 1.57. The van der Waals surface area contributed by atoms with Crippen LogP contribution in [-0.2, 0) is 6.54 Å². The van der Waals surface area contributed by atoms with Gasteiger partial charge in [0.05, 0.1) is 19.0 Å². The maximum atomic E-state index is 5.36. The van der Waals surface area contributed by atoms with Crippen LogP contribution >= 0.6 is 0 Å². The Bertz CT molecular complexity index is 401. The zero-order valence-corrected chi connectivity index (χ0v) is 10.6. The molecule has 3 N–H and O–H groups in total. The Morgan fingerprint density at radius 2 is 2.39 bits per heavy atom. The highest BCUT2D eigenvalue weighted by Gasteiger charge is 2.35. The SMILES string of the molecule is C=C1CCC2NCNC(NCc3ccco3)C2C1. The van der Waals surface area contributed by atoms with E-state index in [9.17, 15) is 0 Å². The lowest BCUT2D eigenvalue weighted by Gasteiger charge is -2.43. The van der Waals surface area contributed by atoms with Crippen LogP contribution < -0.4 is 16.0 Å². The van der Waals surface area contributed by atoms with E-state index in [-0.39, 0.29) is 0 Å². The van der Waals surface area contributed by atoms with Crippen molar-refractivity contribution < 1.29 is 4.42 Å². The molecule has 1 saturated carbocycles. The second kappa shape index (κ2) is 5.26. The van der Waals surface area contributed by atoms with Gasteiger partial charge in [0.25, 0.3) is 0 Å². The Labute approximate surface area is 108 Å². The average molecular weight is 247 g/mol. The lowest BCUT2D eigenvalue weighted by molar-refractivity contribution is 0.153. The van der Waals surface area contributed by atoms with E-state index in [0.29, 0.717) is 18.1 Å². The maximum Gasteiger partial charge on any atom is 0.117 e. The number of allylic oxidation sites excluding steroid dienone is 1. The third-order valence-corrected chi connectivity index (χ3v) is 4.04. The van der Waals surface area contributed by atoms with Crippen molar-refractivity contribution in [3.05, 3.63) is 36.3 Å². The van der Waals surface area contributed by atoms with Crippen molar-refractivity contribution >= 4 is 0 Å². The summed E-state index contributed by atoms with van der Waals surface area (Å²) in [5.41, 5.74) is 1.38. The minimum absolute atomic E-state index is 0.346. The van der Waals surface area contributed by atoms with Crippen LogP contribution in [-0.4, -0.2) is 18.9 Å². The first-order chi connectivity index (χ1) is 8.83. The van der Waals surface area contributed by atoms with Gasteiger partial charge in [-0.2, -0.15) is 0 Å². The first-order valence-electron chi connectivity index (χ1n) is 6.72. The molecule has 0 aromatic carbocycles. The molecule has 1 aliphatic heterocycles. The normalized spacial score (nSPS) is 32.2. The van der Waals surface area contributed by atoms with Crippen molar-refractivity contribution in [1.29, 1.82) is 0 Å². The number of rotatable bonds is 3. The van der Waals surface area contributed by atoms with Crippen molar-refractivity contribution in [3.8, 4) is 0 Å². The molecule has 18 heavy (non-hydrogen) atoms. The first-order valence-corrected chi connectivity index (χ1v) is 6.72. The lowest BCUT2D eigenvalue weighted by atomic mass is 9.79. The summed E-state index contributed by atoms with van der Waals surface area (Å²) in [6, 6.07) is 4.55. The fourth-order valence-electron chi connectivity index (χ4n) is 3.05. The number of fused-ring (bicyclic) bond motifs is 1. The van der Waals surface area contributed by atoms with Crippen molar-refractivity contribution in [1.82, 2.24) is 16.0 Å². The van der Waals surface area contributed by atoms with Gasteiger partial charge in [0, 0.05) is 18.6 Å². The van der Waals surface area contributed by atoms with Crippen LogP contribution in [0.15, 0.2) is 35.0 Å². The van der Waals surface area contributed by atoms with E-state index < -0.39 is 0 Å². The maximum absolute atomic E-state index is 5.36. The Balaban J connectivity index is 1.61. The standard InChI is InChI=1S/C14H21N3O/c1-10-4-5-13-12(7-10)14(17-9-16-13)15-8-11-3-2-6-18-11/h2-3,6,12-17H,1,4-5,7-9H2. The summed E-state index contributed by atoms with van der Waals surface area (Å²) in [5.74, 6) is 1.58. The summed E-state index contributed by atoms with van der Waals surface area (Å²) in [4.78, 5) is 0.